The van der Waals surface area contributed by atoms with Gasteiger partial charge in [0, 0.05) is 25.7 Å². The lowest BCUT2D eigenvalue weighted by atomic mass is 10.2. The Morgan fingerprint density at radius 1 is 1.32 bits per heavy atom. The van der Waals surface area contributed by atoms with Crippen molar-refractivity contribution in [3.8, 4) is 0 Å². The molecular formula is C14H28N2O3. The van der Waals surface area contributed by atoms with Crippen molar-refractivity contribution >= 4 is 5.91 Å². The minimum Gasteiger partial charge on any atom is -0.392 e. The van der Waals surface area contributed by atoms with E-state index in [0.717, 1.165) is 0 Å². The van der Waals surface area contributed by atoms with Gasteiger partial charge in [-0.25, -0.2) is 0 Å². The second-order valence-corrected chi connectivity index (χ2v) is 5.93. The van der Waals surface area contributed by atoms with E-state index in [2.05, 4.69) is 0 Å². The molecule has 1 aliphatic heterocycles. The fraction of sp³-hybridized carbons (Fsp3) is 0.929. The smallest absolute Gasteiger partial charge is 0.236 e. The van der Waals surface area contributed by atoms with Crippen LogP contribution in [0.3, 0.4) is 0 Å². The Labute approximate surface area is 116 Å². The van der Waals surface area contributed by atoms with Crippen LogP contribution >= 0.6 is 0 Å². The van der Waals surface area contributed by atoms with Gasteiger partial charge in [0.15, 0.2) is 0 Å². The Morgan fingerprint density at radius 2 is 1.84 bits per heavy atom. The van der Waals surface area contributed by atoms with Gasteiger partial charge in [-0.05, 0) is 34.6 Å². The van der Waals surface area contributed by atoms with Crippen LogP contribution in [0.1, 0.15) is 34.6 Å². The Kier molecular flexibility index (Phi) is 6.23. The van der Waals surface area contributed by atoms with Gasteiger partial charge in [0.25, 0.3) is 0 Å². The number of aliphatic hydroxyl groups excluding tert-OH is 1. The van der Waals surface area contributed by atoms with Gasteiger partial charge in [-0.2, -0.15) is 0 Å². The van der Waals surface area contributed by atoms with Gasteiger partial charge in [0.2, 0.25) is 5.91 Å². The number of carbonyl (C=O) groups excluding carboxylic acids is 1. The molecule has 1 saturated heterocycles. The average Bonchev–Trinajstić information content (AvgIpc) is 2.25. The Hall–Kier alpha value is -0.650. The van der Waals surface area contributed by atoms with Crippen molar-refractivity contribution in [2.24, 2.45) is 0 Å². The van der Waals surface area contributed by atoms with Gasteiger partial charge in [-0.3, -0.25) is 9.69 Å². The van der Waals surface area contributed by atoms with Crippen molar-refractivity contribution in [2.45, 2.75) is 59.0 Å². The third-order valence-electron chi connectivity index (χ3n) is 3.34. The van der Waals surface area contributed by atoms with Crippen molar-refractivity contribution in [2.75, 3.05) is 26.2 Å². The van der Waals surface area contributed by atoms with Crippen LogP contribution < -0.4 is 0 Å². The Bertz CT molecular complexity index is 284. The molecule has 1 fully saturated rings. The standard InChI is InChI=1S/C14H28N2O3/c1-10(2)15(6-11(3)17)9-14(18)16-7-12(4)19-13(5)8-16/h10-13,17H,6-9H2,1-5H3. The van der Waals surface area contributed by atoms with Crippen molar-refractivity contribution in [1.82, 2.24) is 9.80 Å². The van der Waals surface area contributed by atoms with Crippen LogP contribution in [0, 0.1) is 0 Å². The minimum atomic E-state index is -0.419. The van der Waals surface area contributed by atoms with Crippen LogP contribution in [-0.4, -0.2) is 71.3 Å². The quantitative estimate of drug-likeness (QED) is 0.801. The second-order valence-electron chi connectivity index (χ2n) is 5.93. The molecule has 5 heteroatoms. The molecular weight excluding hydrogens is 244 g/mol. The molecule has 0 saturated carbocycles. The fourth-order valence-electron chi connectivity index (χ4n) is 2.45. The fourth-order valence-corrected chi connectivity index (χ4v) is 2.45. The van der Waals surface area contributed by atoms with E-state index in [9.17, 15) is 9.90 Å². The van der Waals surface area contributed by atoms with Crippen LogP contribution in [-0.2, 0) is 9.53 Å². The number of amides is 1. The summed E-state index contributed by atoms with van der Waals surface area (Å²) in [5, 5.41) is 9.49. The largest absolute Gasteiger partial charge is 0.392 e. The molecule has 3 unspecified atom stereocenters. The summed E-state index contributed by atoms with van der Waals surface area (Å²) in [6, 6.07) is 0.245. The lowest BCUT2D eigenvalue weighted by molar-refractivity contribution is -0.145. The van der Waals surface area contributed by atoms with E-state index < -0.39 is 6.10 Å². The highest BCUT2D eigenvalue weighted by Gasteiger charge is 2.27. The predicted octanol–water partition coefficient (Wildman–Crippen LogP) is 0.713. The summed E-state index contributed by atoms with van der Waals surface area (Å²) < 4.78 is 5.64. The van der Waals surface area contributed by atoms with Gasteiger partial charge >= 0.3 is 0 Å². The lowest BCUT2D eigenvalue weighted by Crippen LogP contribution is -2.52. The first-order valence-electron chi connectivity index (χ1n) is 7.15. The van der Waals surface area contributed by atoms with Crippen LogP contribution in [0.4, 0.5) is 0 Å². The van der Waals surface area contributed by atoms with E-state index in [1.807, 2.05) is 37.5 Å². The number of hydrogen-bond donors (Lipinski definition) is 1. The summed E-state index contributed by atoms with van der Waals surface area (Å²) in [7, 11) is 0. The zero-order chi connectivity index (χ0) is 14.6. The zero-order valence-electron chi connectivity index (χ0n) is 12.8. The summed E-state index contributed by atoms with van der Waals surface area (Å²) in [6.45, 7) is 12.0. The summed E-state index contributed by atoms with van der Waals surface area (Å²) >= 11 is 0. The minimum absolute atomic E-state index is 0.0944. The molecule has 5 nitrogen and oxygen atoms in total. The molecule has 0 aromatic carbocycles. The molecule has 0 spiro atoms. The maximum Gasteiger partial charge on any atom is 0.236 e. The molecule has 1 rings (SSSR count). The molecule has 0 bridgehead atoms. The molecule has 19 heavy (non-hydrogen) atoms. The van der Waals surface area contributed by atoms with Gasteiger partial charge < -0.3 is 14.7 Å². The maximum absolute atomic E-state index is 12.3. The number of aliphatic hydroxyl groups is 1. The van der Waals surface area contributed by atoms with Gasteiger partial charge in [-0.15, -0.1) is 0 Å². The van der Waals surface area contributed by atoms with Crippen LogP contribution in [0.5, 0.6) is 0 Å². The van der Waals surface area contributed by atoms with Gasteiger partial charge in [0.1, 0.15) is 0 Å². The number of nitrogens with zero attached hydrogens (tertiary/aromatic N) is 2. The SMILES string of the molecule is CC(O)CN(CC(=O)N1CC(C)OC(C)C1)C(C)C. The van der Waals surface area contributed by atoms with E-state index >= 15 is 0 Å². The number of carbonyl (C=O) groups is 1. The van der Waals surface area contributed by atoms with Crippen molar-refractivity contribution in [1.29, 1.82) is 0 Å². The van der Waals surface area contributed by atoms with E-state index in [1.54, 1.807) is 6.92 Å². The first-order chi connectivity index (χ1) is 8.79. The highest BCUT2D eigenvalue weighted by molar-refractivity contribution is 5.78. The Balaban J connectivity index is 2.56. The third kappa shape index (κ3) is 5.47. The number of morpholine rings is 1. The molecule has 1 amide bonds. The summed E-state index contributed by atoms with van der Waals surface area (Å²) in [5.74, 6) is 0.122. The molecule has 0 aromatic rings. The van der Waals surface area contributed by atoms with Crippen molar-refractivity contribution < 1.29 is 14.6 Å². The molecule has 1 aliphatic rings. The van der Waals surface area contributed by atoms with Crippen LogP contribution in [0.15, 0.2) is 0 Å². The number of hydrogen-bond acceptors (Lipinski definition) is 4. The molecule has 1 N–H and O–H groups in total. The first-order valence-corrected chi connectivity index (χ1v) is 7.15. The zero-order valence-corrected chi connectivity index (χ0v) is 12.8. The topological polar surface area (TPSA) is 53.0 Å². The summed E-state index contributed by atoms with van der Waals surface area (Å²) in [4.78, 5) is 16.2. The predicted molar refractivity (Wildman–Crippen MR) is 75.0 cm³/mol. The summed E-state index contributed by atoms with van der Waals surface area (Å²) in [6.07, 6.45) is -0.230. The molecule has 0 aromatic heterocycles. The monoisotopic (exact) mass is 272 g/mol. The highest BCUT2D eigenvalue weighted by Crippen LogP contribution is 2.12. The Morgan fingerprint density at radius 3 is 2.26 bits per heavy atom. The first kappa shape index (κ1) is 16.4. The second kappa shape index (κ2) is 7.22. The molecule has 1 heterocycles. The number of rotatable bonds is 5. The number of ether oxygens (including phenoxy) is 1. The van der Waals surface area contributed by atoms with Gasteiger partial charge in [0.05, 0.1) is 24.9 Å². The highest BCUT2D eigenvalue weighted by atomic mass is 16.5. The normalized spacial score (nSPS) is 26.0. The van der Waals surface area contributed by atoms with Gasteiger partial charge in [-0.1, -0.05) is 0 Å². The lowest BCUT2D eigenvalue weighted by Gasteiger charge is -2.37. The third-order valence-corrected chi connectivity index (χ3v) is 3.34. The van der Waals surface area contributed by atoms with Crippen molar-refractivity contribution in [3.05, 3.63) is 0 Å². The van der Waals surface area contributed by atoms with E-state index in [0.29, 0.717) is 26.2 Å². The molecule has 0 aliphatic carbocycles. The molecule has 112 valence electrons. The summed E-state index contributed by atoms with van der Waals surface area (Å²) in [5.41, 5.74) is 0. The molecule has 0 radical (unpaired) electrons. The van der Waals surface area contributed by atoms with E-state index in [4.69, 9.17) is 4.74 Å². The van der Waals surface area contributed by atoms with Crippen LogP contribution in [0.2, 0.25) is 0 Å². The van der Waals surface area contributed by atoms with E-state index in [1.165, 1.54) is 0 Å². The maximum atomic E-state index is 12.3. The average molecular weight is 272 g/mol. The van der Waals surface area contributed by atoms with E-state index in [-0.39, 0.29) is 24.2 Å². The van der Waals surface area contributed by atoms with Crippen molar-refractivity contribution in [3.63, 3.8) is 0 Å². The van der Waals surface area contributed by atoms with Crippen LogP contribution in [0.25, 0.3) is 0 Å². The molecule has 3 atom stereocenters.